The minimum Gasteiger partial charge on any atom is -0.481 e. The number of amides is 1. The molecule has 10 nitrogen and oxygen atoms in total. The van der Waals surface area contributed by atoms with E-state index in [1.54, 1.807) is 41.9 Å². The number of benzene rings is 2. The van der Waals surface area contributed by atoms with Crippen molar-refractivity contribution in [1.29, 1.82) is 0 Å². The number of nitro benzene ring substituents is 1. The Balaban J connectivity index is 2.03. The molecule has 2 N–H and O–H groups in total. The zero-order chi connectivity index (χ0) is 21.8. The summed E-state index contributed by atoms with van der Waals surface area (Å²) in [6, 6.07) is 11.2. The van der Waals surface area contributed by atoms with Crippen molar-refractivity contribution >= 4 is 29.3 Å². The molecule has 0 bridgehead atoms. The van der Waals surface area contributed by atoms with Gasteiger partial charge in [0.2, 0.25) is 0 Å². The number of carboxylic acids is 1. The van der Waals surface area contributed by atoms with Gasteiger partial charge in [-0.25, -0.2) is 0 Å². The van der Waals surface area contributed by atoms with Crippen LogP contribution in [0.25, 0.3) is 22.5 Å². The smallest absolute Gasteiger partial charge is 0.313 e. The third kappa shape index (κ3) is 4.46. The maximum atomic E-state index is 11.7. The number of nitrogens with one attached hydrogen (secondary N) is 1. The first-order chi connectivity index (χ1) is 14.3. The van der Waals surface area contributed by atoms with Crippen molar-refractivity contribution in [2.45, 2.75) is 5.16 Å². The van der Waals surface area contributed by atoms with Crippen LogP contribution in [-0.2, 0) is 11.8 Å². The molecule has 11 heteroatoms. The van der Waals surface area contributed by atoms with E-state index in [0.29, 0.717) is 33.2 Å². The van der Waals surface area contributed by atoms with E-state index in [1.165, 1.54) is 19.2 Å². The molecule has 1 amide bonds. The number of non-ortho nitro benzene ring substituents is 1. The first-order valence-electron chi connectivity index (χ1n) is 8.66. The van der Waals surface area contributed by atoms with Crippen molar-refractivity contribution in [3.05, 3.63) is 58.1 Å². The largest absolute Gasteiger partial charge is 0.481 e. The predicted molar refractivity (Wildman–Crippen MR) is 110 cm³/mol. The Morgan fingerprint density at radius 3 is 2.40 bits per heavy atom. The van der Waals surface area contributed by atoms with Crippen LogP contribution < -0.4 is 5.32 Å². The highest BCUT2D eigenvalue weighted by Gasteiger charge is 2.18. The van der Waals surface area contributed by atoms with E-state index in [1.807, 2.05) is 0 Å². The van der Waals surface area contributed by atoms with Crippen LogP contribution in [0.3, 0.4) is 0 Å². The van der Waals surface area contributed by atoms with E-state index in [-0.39, 0.29) is 17.3 Å². The number of hydrogen-bond donors (Lipinski definition) is 2. The number of thioether (sulfide) groups is 1. The molecule has 0 saturated heterocycles. The monoisotopic (exact) mass is 427 g/mol. The quantitative estimate of drug-likeness (QED) is 0.333. The van der Waals surface area contributed by atoms with E-state index >= 15 is 0 Å². The van der Waals surface area contributed by atoms with Crippen molar-refractivity contribution in [1.82, 2.24) is 20.1 Å². The molecule has 0 fully saturated rings. The molecule has 0 radical (unpaired) electrons. The third-order valence-electron chi connectivity index (χ3n) is 4.25. The molecule has 3 rings (SSSR count). The molecular weight excluding hydrogens is 410 g/mol. The van der Waals surface area contributed by atoms with Crippen molar-refractivity contribution in [2.75, 3.05) is 12.8 Å². The normalized spacial score (nSPS) is 10.6. The minimum absolute atomic E-state index is 0.124. The van der Waals surface area contributed by atoms with Crippen LogP contribution in [0.4, 0.5) is 5.69 Å². The summed E-state index contributed by atoms with van der Waals surface area (Å²) >= 11 is 1.01. The Morgan fingerprint density at radius 1 is 1.13 bits per heavy atom. The number of carboxylic acid groups (broad SMARTS) is 1. The van der Waals surface area contributed by atoms with E-state index in [2.05, 4.69) is 15.5 Å². The molecule has 0 atom stereocenters. The van der Waals surface area contributed by atoms with Crippen LogP contribution in [0.1, 0.15) is 10.4 Å². The second kappa shape index (κ2) is 8.74. The lowest BCUT2D eigenvalue weighted by molar-refractivity contribution is -0.384. The van der Waals surface area contributed by atoms with Crippen LogP contribution in [0.2, 0.25) is 0 Å². The fraction of sp³-hybridized carbons (Fsp3) is 0.158. The van der Waals surface area contributed by atoms with E-state index in [0.717, 1.165) is 11.8 Å². The van der Waals surface area contributed by atoms with Gasteiger partial charge in [-0.15, -0.1) is 10.2 Å². The standard InChI is InChI=1S/C19H17N5O5S/c1-20-18(27)12-5-3-11(4-6-12)13-7-14(9-15(8-13)24(28)29)17-21-22-19(23(17)2)30-10-16(25)26/h3-9H,10H2,1-2H3,(H,20,27)(H,25,26). The lowest BCUT2D eigenvalue weighted by atomic mass is 10.0. The summed E-state index contributed by atoms with van der Waals surface area (Å²) in [6.45, 7) is 0. The summed E-state index contributed by atoms with van der Waals surface area (Å²) in [5.41, 5.74) is 2.08. The highest BCUT2D eigenvalue weighted by Crippen LogP contribution is 2.32. The topological polar surface area (TPSA) is 140 Å². The third-order valence-corrected chi connectivity index (χ3v) is 5.26. The molecule has 1 aromatic heterocycles. The Hall–Kier alpha value is -3.73. The molecule has 1 heterocycles. The number of nitrogens with zero attached hydrogens (tertiary/aromatic N) is 4. The molecule has 0 unspecified atom stereocenters. The number of rotatable bonds is 7. The Labute approximate surface area is 175 Å². The molecule has 2 aromatic carbocycles. The van der Waals surface area contributed by atoms with Gasteiger partial charge >= 0.3 is 5.97 Å². The molecule has 154 valence electrons. The van der Waals surface area contributed by atoms with Gasteiger partial charge in [0, 0.05) is 37.4 Å². The number of carbonyl (C=O) groups excluding carboxylic acids is 1. The number of aromatic nitrogens is 3. The zero-order valence-corrected chi connectivity index (χ0v) is 16.8. The van der Waals surface area contributed by atoms with Gasteiger partial charge in [0.25, 0.3) is 11.6 Å². The van der Waals surface area contributed by atoms with E-state index in [9.17, 15) is 19.7 Å². The summed E-state index contributed by atoms with van der Waals surface area (Å²) in [7, 11) is 3.20. The predicted octanol–water partition coefficient (Wildman–Crippen LogP) is 2.59. The van der Waals surface area contributed by atoms with Crippen molar-refractivity contribution in [2.24, 2.45) is 7.05 Å². The van der Waals surface area contributed by atoms with Crippen LogP contribution >= 0.6 is 11.8 Å². The highest BCUT2D eigenvalue weighted by molar-refractivity contribution is 7.99. The maximum absolute atomic E-state index is 11.7. The molecule has 30 heavy (non-hydrogen) atoms. The Kier molecular flexibility index (Phi) is 6.11. The number of aliphatic carboxylic acids is 1. The summed E-state index contributed by atoms with van der Waals surface area (Å²) < 4.78 is 1.59. The number of hydrogen-bond acceptors (Lipinski definition) is 7. The molecule has 3 aromatic rings. The van der Waals surface area contributed by atoms with E-state index in [4.69, 9.17) is 5.11 Å². The van der Waals surface area contributed by atoms with Gasteiger partial charge in [-0.1, -0.05) is 23.9 Å². The lowest BCUT2D eigenvalue weighted by Crippen LogP contribution is -2.17. The molecule has 0 aliphatic rings. The first-order valence-corrected chi connectivity index (χ1v) is 9.65. The van der Waals surface area contributed by atoms with Crippen molar-refractivity contribution in [3.8, 4) is 22.5 Å². The van der Waals surface area contributed by atoms with Gasteiger partial charge in [0.05, 0.1) is 10.7 Å². The average Bonchev–Trinajstić information content (AvgIpc) is 3.11. The van der Waals surface area contributed by atoms with Gasteiger partial charge in [-0.05, 0) is 29.3 Å². The summed E-state index contributed by atoms with van der Waals surface area (Å²) in [5.74, 6) is -1.02. The number of carbonyl (C=O) groups is 2. The summed E-state index contributed by atoms with van der Waals surface area (Å²) in [6.07, 6.45) is 0. The minimum atomic E-state index is -0.984. The second-order valence-electron chi connectivity index (χ2n) is 6.23. The van der Waals surface area contributed by atoms with Crippen LogP contribution in [0.15, 0.2) is 47.6 Å². The first kappa shape index (κ1) is 21.0. The van der Waals surface area contributed by atoms with Gasteiger partial charge in [0.1, 0.15) is 0 Å². The summed E-state index contributed by atoms with van der Waals surface area (Å²) in [4.78, 5) is 33.5. The second-order valence-corrected chi connectivity index (χ2v) is 7.17. The SMILES string of the molecule is CNC(=O)c1ccc(-c2cc(-c3nnc(SCC(=O)O)n3C)cc([N+](=O)[O-])c2)cc1. The number of nitro groups is 1. The Morgan fingerprint density at radius 2 is 1.80 bits per heavy atom. The average molecular weight is 427 g/mol. The van der Waals surface area contributed by atoms with Crippen LogP contribution in [0.5, 0.6) is 0 Å². The molecule has 0 aliphatic carbocycles. The van der Waals surface area contributed by atoms with Gasteiger partial charge in [-0.2, -0.15) is 0 Å². The fourth-order valence-corrected chi connectivity index (χ4v) is 3.42. The van der Waals surface area contributed by atoms with Gasteiger partial charge in [-0.3, -0.25) is 19.7 Å². The Bertz CT molecular complexity index is 1130. The van der Waals surface area contributed by atoms with E-state index < -0.39 is 10.9 Å². The van der Waals surface area contributed by atoms with Crippen LogP contribution in [-0.4, -0.2) is 49.5 Å². The molecule has 0 spiro atoms. The zero-order valence-electron chi connectivity index (χ0n) is 16.0. The van der Waals surface area contributed by atoms with Crippen LogP contribution in [0, 0.1) is 10.1 Å². The van der Waals surface area contributed by atoms with Crippen molar-refractivity contribution in [3.63, 3.8) is 0 Å². The lowest BCUT2D eigenvalue weighted by Gasteiger charge is -2.08. The van der Waals surface area contributed by atoms with Crippen molar-refractivity contribution < 1.29 is 19.6 Å². The van der Waals surface area contributed by atoms with Gasteiger partial charge in [0.15, 0.2) is 11.0 Å². The van der Waals surface area contributed by atoms with Gasteiger partial charge < -0.3 is 15.0 Å². The highest BCUT2D eigenvalue weighted by atomic mass is 32.2. The maximum Gasteiger partial charge on any atom is 0.313 e. The summed E-state index contributed by atoms with van der Waals surface area (Å²) in [5, 5.41) is 31.3. The molecule has 0 aliphatic heterocycles. The molecule has 0 saturated carbocycles. The fourth-order valence-electron chi connectivity index (χ4n) is 2.79. The molecular formula is C19H17N5O5S.